The van der Waals surface area contributed by atoms with E-state index >= 15 is 0 Å². The van der Waals surface area contributed by atoms with E-state index < -0.39 is 11.7 Å². The summed E-state index contributed by atoms with van der Waals surface area (Å²) in [6.07, 6.45) is 3.02. The maximum atomic E-state index is 13.4. The van der Waals surface area contributed by atoms with E-state index in [1.807, 2.05) is 0 Å². The number of hydrogen-bond donors (Lipinski definition) is 2. The molecule has 0 radical (unpaired) electrons. The summed E-state index contributed by atoms with van der Waals surface area (Å²) >= 11 is 0. The fourth-order valence-corrected chi connectivity index (χ4v) is 1.39. The highest BCUT2D eigenvalue weighted by molar-refractivity contribution is 5.94. The molecular weight excluding hydrogens is 223 g/mol. The van der Waals surface area contributed by atoms with Crippen LogP contribution in [0, 0.1) is 5.82 Å². The molecule has 1 heterocycles. The lowest BCUT2D eigenvalue weighted by molar-refractivity contribution is 0.0947. The summed E-state index contributed by atoms with van der Waals surface area (Å²) in [5, 5.41) is 2.58. The minimum Gasteiger partial charge on any atom is -0.472 e. The van der Waals surface area contributed by atoms with Gasteiger partial charge in [0, 0.05) is 17.8 Å². The fraction of sp³-hybridized carbons (Fsp3) is 0.0833. The first-order chi connectivity index (χ1) is 8.16. The largest absolute Gasteiger partial charge is 0.472 e. The van der Waals surface area contributed by atoms with Crippen molar-refractivity contribution < 1.29 is 13.6 Å². The molecule has 3 N–H and O–H groups in total. The highest BCUT2D eigenvalue weighted by atomic mass is 19.1. The molecular formula is C12H11FN2O2. The molecule has 1 aromatic carbocycles. The van der Waals surface area contributed by atoms with Crippen molar-refractivity contribution in [3.8, 4) is 0 Å². The zero-order valence-electron chi connectivity index (χ0n) is 8.94. The molecule has 4 nitrogen and oxygen atoms in total. The van der Waals surface area contributed by atoms with Crippen molar-refractivity contribution >= 4 is 11.6 Å². The van der Waals surface area contributed by atoms with Crippen molar-refractivity contribution in [1.82, 2.24) is 5.32 Å². The first-order valence-corrected chi connectivity index (χ1v) is 5.01. The normalized spacial score (nSPS) is 10.2. The lowest BCUT2D eigenvalue weighted by atomic mass is 10.2. The molecule has 88 valence electrons. The second-order valence-electron chi connectivity index (χ2n) is 3.55. The molecule has 0 bridgehead atoms. The number of amides is 1. The van der Waals surface area contributed by atoms with Gasteiger partial charge in [0.15, 0.2) is 0 Å². The van der Waals surface area contributed by atoms with E-state index in [-0.39, 0.29) is 11.3 Å². The molecule has 1 amide bonds. The number of rotatable bonds is 3. The van der Waals surface area contributed by atoms with E-state index in [9.17, 15) is 9.18 Å². The van der Waals surface area contributed by atoms with Gasteiger partial charge in [0.25, 0.3) is 5.91 Å². The maximum Gasteiger partial charge on any atom is 0.254 e. The second kappa shape index (κ2) is 4.69. The number of furan rings is 1. The molecule has 0 spiro atoms. The third-order valence-electron chi connectivity index (χ3n) is 2.27. The van der Waals surface area contributed by atoms with Crippen molar-refractivity contribution in [2.45, 2.75) is 6.54 Å². The second-order valence-corrected chi connectivity index (χ2v) is 3.55. The Morgan fingerprint density at radius 1 is 1.41 bits per heavy atom. The first kappa shape index (κ1) is 11.2. The molecule has 0 aliphatic heterocycles. The number of anilines is 1. The van der Waals surface area contributed by atoms with E-state index in [0.29, 0.717) is 6.54 Å². The highest BCUT2D eigenvalue weighted by Crippen LogP contribution is 2.11. The Labute approximate surface area is 97.2 Å². The van der Waals surface area contributed by atoms with Crippen LogP contribution >= 0.6 is 0 Å². The van der Waals surface area contributed by atoms with Gasteiger partial charge in [-0.05, 0) is 24.3 Å². The summed E-state index contributed by atoms with van der Waals surface area (Å²) in [6.45, 7) is 0.291. The number of carbonyl (C=O) groups excluding carboxylic acids is 1. The minimum absolute atomic E-state index is 0.0253. The van der Waals surface area contributed by atoms with Gasteiger partial charge in [0.2, 0.25) is 0 Å². The molecule has 2 aromatic rings. The topological polar surface area (TPSA) is 68.3 Å². The predicted octanol–water partition coefficient (Wildman–Crippen LogP) is 1.93. The molecule has 2 rings (SSSR count). The third-order valence-corrected chi connectivity index (χ3v) is 2.27. The van der Waals surface area contributed by atoms with Crippen LogP contribution in [0.25, 0.3) is 0 Å². The van der Waals surface area contributed by atoms with Gasteiger partial charge in [-0.25, -0.2) is 4.39 Å². The van der Waals surface area contributed by atoms with Gasteiger partial charge in [-0.1, -0.05) is 0 Å². The van der Waals surface area contributed by atoms with Crippen LogP contribution in [-0.2, 0) is 6.54 Å². The average molecular weight is 234 g/mol. The summed E-state index contributed by atoms with van der Waals surface area (Å²) in [4.78, 5) is 11.6. The number of hydrogen-bond acceptors (Lipinski definition) is 3. The lowest BCUT2D eigenvalue weighted by Crippen LogP contribution is -2.23. The summed E-state index contributed by atoms with van der Waals surface area (Å²) < 4.78 is 18.3. The fourth-order valence-electron chi connectivity index (χ4n) is 1.39. The molecule has 17 heavy (non-hydrogen) atoms. The van der Waals surface area contributed by atoms with Gasteiger partial charge >= 0.3 is 0 Å². The van der Waals surface area contributed by atoms with E-state index in [2.05, 4.69) is 5.32 Å². The van der Waals surface area contributed by atoms with Crippen molar-refractivity contribution in [2.75, 3.05) is 5.73 Å². The molecule has 5 heteroatoms. The zero-order valence-corrected chi connectivity index (χ0v) is 8.94. The quantitative estimate of drug-likeness (QED) is 0.797. The molecule has 0 unspecified atom stereocenters. The number of nitrogens with one attached hydrogen (secondary N) is 1. The number of benzene rings is 1. The van der Waals surface area contributed by atoms with E-state index in [4.69, 9.17) is 10.2 Å². The SMILES string of the molecule is Nc1ccc(C(=O)NCc2ccoc2)c(F)c1. The Bertz CT molecular complexity index is 523. The number of nitrogen functional groups attached to an aromatic ring is 1. The standard InChI is InChI=1S/C12H11FN2O2/c13-11-5-9(14)1-2-10(11)12(16)15-6-8-3-4-17-7-8/h1-5,7H,6,14H2,(H,15,16). The van der Waals surface area contributed by atoms with Crippen LogP contribution in [0.15, 0.2) is 41.2 Å². The molecule has 0 atom stereocenters. The number of carbonyl (C=O) groups is 1. The van der Waals surface area contributed by atoms with E-state index in [0.717, 1.165) is 11.6 Å². The van der Waals surface area contributed by atoms with E-state index in [1.165, 1.54) is 24.7 Å². The van der Waals surface area contributed by atoms with Gasteiger partial charge < -0.3 is 15.5 Å². The highest BCUT2D eigenvalue weighted by Gasteiger charge is 2.11. The monoisotopic (exact) mass is 234 g/mol. The summed E-state index contributed by atoms with van der Waals surface area (Å²) in [7, 11) is 0. The Balaban J connectivity index is 2.04. The van der Waals surface area contributed by atoms with Crippen LogP contribution in [0.2, 0.25) is 0 Å². The van der Waals surface area contributed by atoms with Crippen molar-refractivity contribution in [3.05, 3.63) is 53.7 Å². The van der Waals surface area contributed by atoms with Crippen LogP contribution in [0.3, 0.4) is 0 Å². The summed E-state index contributed by atoms with van der Waals surface area (Å²) in [6, 6.07) is 5.68. The van der Waals surface area contributed by atoms with Crippen LogP contribution in [0.4, 0.5) is 10.1 Å². The van der Waals surface area contributed by atoms with E-state index in [1.54, 1.807) is 6.07 Å². The Morgan fingerprint density at radius 3 is 2.88 bits per heavy atom. The first-order valence-electron chi connectivity index (χ1n) is 5.01. The zero-order chi connectivity index (χ0) is 12.3. The summed E-state index contributed by atoms with van der Waals surface area (Å²) in [5.41, 5.74) is 6.47. The number of nitrogens with two attached hydrogens (primary N) is 1. The maximum absolute atomic E-state index is 13.4. The van der Waals surface area contributed by atoms with Crippen molar-refractivity contribution in [3.63, 3.8) is 0 Å². The Hall–Kier alpha value is -2.30. The van der Waals surface area contributed by atoms with Gasteiger partial charge in [-0.3, -0.25) is 4.79 Å². The van der Waals surface area contributed by atoms with Crippen LogP contribution < -0.4 is 11.1 Å². The molecule has 0 saturated heterocycles. The van der Waals surface area contributed by atoms with Crippen LogP contribution in [0.5, 0.6) is 0 Å². The summed E-state index contributed by atoms with van der Waals surface area (Å²) in [5.74, 6) is -1.11. The molecule has 0 fully saturated rings. The molecule has 1 aromatic heterocycles. The van der Waals surface area contributed by atoms with Gasteiger partial charge in [-0.15, -0.1) is 0 Å². The predicted molar refractivity (Wildman–Crippen MR) is 60.7 cm³/mol. The van der Waals surface area contributed by atoms with Crippen LogP contribution in [-0.4, -0.2) is 5.91 Å². The number of halogens is 1. The van der Waals surface area contributed by atoms with Crippen molar-refractivity contribution in [1.29, 1.82) is 0 Å². The molecule has 0 saturated carbocycles. The average Bonchev–Trinajstić information content (AvgIpc) is 2.78. The lowest BCUT2D eigenvalue weighted by Gasteiger charge is -2.05. The molecule has 0 aliphatic rings. The smallest absolute Gasteiger partial charge is 0.254 e. The van der Waals surface area contributed by atoms with Crippen LogP contribution in [0.1, 0.15) is 15.9 Å². The Kier molecular flexibility index (Phi) is 3.09. The van der Waals surface area contributed by atoms with Gasteiger partial charge in [0.05, 0.1) is 18.1 Å². The molecule has 0 aliphatic carbocycles. The van der Waals surface area contributed by atoms with Crippen molar-refractivity contribution in [2.24, 2.45) is 0 Å². The Morgan fingerprint density at radius 2 is 2.24 bits per heavy atom. The van der Waals surface area contributed by atoms with Gasteiger partial charge in [0.1, 0.15) is 5.82 Å². The van der Waals surface area contributed by atoms with Gasteiger partial charge in [-0.2, -0.15) is 0 Å². The minimum atomic E-state index is -0.630. The third kappa shape index (κ3) is 2.63.